The first kappa shape index (κ1) is 17.8. The van der Waals surface area contributed by atoms with E-state index in [2.05, 4.69) is 4.98 Å². The topological polar surface area (TPSA) is 104 Å². The van der Waals surface area contributed by atoms with Crippen molar-refractivity contribution >= 4 is 10.1 Å². The molecule has 1 aromatic heterocycles. The average Bonchev–Trinajstić information content (AvgIpc) is 2.58. The summed E-state index contributed by atoms with van der Waals surface area (Å²) in [5, 5.41) is 0. The van der Waals surface area contributed by atoms with Gasteiger partial charge >= 0.3 is 0 Å². The summed E-state index contributed by atoms with van der Waals surface area (Å²) >= 11 is 0. The van der Waals surface area contributed by atoms with Crippen LogP contribution in [0.1, 0.15) is 5.56 Å². The zero-order valence-electron chi connectivity index (χ0n) is 13.3. The van der Waals surface area contributed by atoms with Crippen LogP contribution in [0.25, 0.3) is 0 Å². The summed E-state index contributed by atoms with van der Waals surface area (Å²) in [5.41, 5.74) is 0.741. The minimum absolute atomic E-state index is 0.148. The lowest BCUT2D eigenvalue weighted by Crippen LogP contribution is -2.02. The number of rotatable bonds is 7. The molecule has 2 aromatic rings. The lowest BCUT2D eigenvalue weighted by Gasteiger charge is -2.14. The molecule has 0 amide bonds. The first-order valence-electron chi connectivity index (χ1n) is 6.74. The van der Waals surface area contributed by atoms with E-state index in [1.165, 1.54) is 33.5 Å². The lowest BCUT2D eigenvalue weighted by molar-refractivity contribution is 0.288. The molecular weight excluding hydrogens is 338 g/mol. The van der Waals surface area contributed by atoms with Gasteiger partial charge in [-0.25, -0.2) is 4.98 Å². The van der Waals surface area contributed by atoms with E-state index in [9.17, 15) is 8.42 Å². The van der Waals surface area contributed by atoms with E-state index in [1.807, 2.05) is 0 Å². The number of aromatic nitrogens is 1. The maximum atomic E-state index is 11.0. The Bertz CT molecular complexity index is 778. The first-order valence-corrected chi connectivity index (χ1v) is 8.18. The Morgan fingerprint density at radius 3 is 2.08 bits per heavy atom. The number of methoxy groups -OCH3 is 3. The molecular formula is C15H17NO7S. The highest BCUT2D eigenvalue weighted by Gasteiger charge is 2.14. The van der Waals surface area contributed by atoms with E-state index in [0.717, 1.165) is 11.8 Å². The van der Waals surface area contributed by atoms with Crippen LogP contribution in [-0.2, 0) is 16.7 Å². The molecule has 0 spiro atoms. The molecule has 8 nitrogen and oxygen atoms in total. The summed E-state index contributed by atoms with van der Waals surface area (Å²) in [7, 11) is 0.257. The molecule has 1 aromatic carbocycles. The summed E-state index contributed by atoms with van der Waals surface area (Å²) in [4.78, 5) is 3.53. The second-order valence-electron chi connectivity index (χ2n) is 4.63. The molecule has 9 heteroatoms. The van der Waals surface area contributed by atoms with Gasteiger partial charge in [0.2, 0.25) is 11.6 Å². The van der Waals surface area contributed by atoms with Crippen LogP contribution in [0.2, 0.25) is 0 Å². The van der Waals surface area contributed by atoms with Crippen LogP contribution in [0.3, 0.4) is 0 Å². The number of benzene rings is 1. The van der Waals surface area contributed by atoms with Crippen molar-refractivity contribution in [3.63, 3.8) is 0 Å². The second kappa shape index (κ2) is 7.37. The first-order chi connectivity index (χ1) is 11.4. The molecule has 24 heavy (non-hydrogen) atoms. The van der Waals surface area contributed by atoms with Gasteiger partial charge in [-0.3, -0.25) is 4.55 Å². The zero-order valence-corrected chi connectivity index (χ0v) is 14.2. The van der Waals surface area contributed by atoms with E-state index in [-0.39, 0.29) is 17.4 Å². The molecule has 0 fully saturated rings. The number of hydrogen-bond acceptors (Lipinski definition) is 7. The fourth-order valence-corrected chi connectivity index (χ4v) is 2.41. The molecule has 0 radical (unpaired) electrons. The van der Waals surface area contributed by atoms with Crippen LogP contribution in [0.4, 0.5) is 0 Å². The molecule has 0 aliphatic rings. The summed E-state index contributed by atoms with van der Waals surface area (Å²) in [6.45, 7) is 0.148. The SMILES string of the molecule is COc1cc(COc2ccc(S(=O)(=O)O)cn2)cc(OC)c1OC. The van der Waals surface area contributed by atoms with E-state index in [4.69, 9.17) is 23.5 Å². The normalized spacial score (nSPS) is 11.0. The average molecular weight is 355 g/mol. The van der Waals surface area contributed by atoms with E-state index in [0.29, 0.717) is 17.2 Å². The van der Waals surface area contributed by atoms with Crippen LogP contribution >= 0.6 is 0 Å². The molecule has 2 rings (SSSR count). The zero-order chi connectivity index (χ0) is 17.7. The van der Waals surface area contributed by atoms with Crippen molar-refractivity contribution in [1.82, 2.24) is 4.98 Å². The molecule has 0 aliphatic carbocycles. The Balaban J connectivity index is 2.17. The van der Waals surface area contributed by atoms with Gasteiger partial charge < -0.3 is 18.9 Å². The van der Waals surface area contributed by atoms with Gasteiger partial charge in [-0.2, -0.15) is 8.42 Å². The second-order valence-corrected chi connectivity index (χ2v) is 6.05. The molecule has 1 N–H and O–H groups in total. The predicted octanol–water partition coefficient (Wildman–Crippen LogP) is 1.93. The quantitative estimate of drug-likeness (QED) is 0.751. The van der Waals surface area contributed by atoms with Crippen LogP contribution in [0.5, 0.6) is 23.1 Å². The number of hydrogen-bond donors (Lipinski definition) is 1. The van der Waals surface area contributed by atoms with Crippen molar-refractivity contribution in [2.24, 2.45) is 0 Å². The molecule has 0 saturated heterocycles. The van der Waals surface area contributed by atoms with Gasteiger partial charge in [-0.05, 0) is 23.8 Å². The summed E-state index contributed by atoms with van der Waals surface area (Å²) in [5.74, 6) is 1.66. The molecule has 1 heterocycles. The maximum absolute atomic E-state index is 11.0. The van der Waals surface area contributed by atoms with Gasteiger partial charge in [-0.1, -0.05) is 0 Å². The summed E-state index contributed by atoms with van der Waals surface area (Å²) in [6.07, 6.45) is 1.01. The van der Waals surface area contributed by atoms with Gasteiger partial charge in [0.1, 0.15) is 11.5 Å². The Kier molecular flexibility index (Phi) is 5.47. The van der Waals surface area contributed by atoms with E-state index in [1.54, 1.807) is 12.1 Å². The molecule has 0 saturated carbocycles. The number of nitrogens with zero attached hydrogens (tertiary/aromatic N) is 1. The lowest BCUT2D eigenvalue weighted by atomic mass is 10.2. The van der Waals surface area contributed by atoms with E-state index >= 15 is 0 Å². The van der Waals surface area contributed by atoms with Gasteiger partial charge in [0, 0.05) is 6.07 Å². The predicted molar refractivity (Wildman–Crippen MR) is 84.5 cm³/mol. The van der Waals surface area contributed by atoms with Crippen molar-refractivity contribution in [3.05, 3.63) is 36.0 Å². The van der Waals surface area contributed by atoms with Gasteiger partial charge in [0.25, 0.3) is 10.1 Å². The Morgan fingerprint density at radius 1 is 1.04 bits per heavy atom. The van der Waals surface area contributed by atoms with E-state index < -0.39 is 10.1 Å². The van der Waals surface area contributed by atoms with Gasteiger partial charge in [0.05, 0.1) is 27.5 Å². The highest BCUT2D eigenvalue weighted by Crippen LogP contribution is 2.38. The third kappa shape index (κ3) is 4.06. The van der Waals surface area contributed by atoms with Gasteiger partial charge in [-0.15, -0.1) is 0 Å². The molecule has 130 valence electrons. The van der Waals surface area contributed by atoms with Crippen LogP contribution < -0.4 is 18.9 Å². The van der Waals surface area contributed by atoms with Crippen molar-refractivity contribution in [3.8, 4) is 23.1 Å². The molecule has 0 bridgehead atoms. The standard InChI is InChI=1S/C15H17NO7S/c1-20-12-6-10(7-13(21-2)15(12)22-3)9-23-14-5-4-11(8-16-14)24(17,18)19/h4-8H,9H2,1-3H3,(H,17,18,19). The molecule has 0 atom stereocenters. The minimum Gasteiger partial charge on any atom is -0.493 e. The van der Waals surface area contributed by atoms with Crippen molar-refractivity contribution in [1.29, 1.82) is 0 Å². The number of ether oxygens (including phenoxy) is 4. The Morgan fingerprint density at radius 2 is 1.67 bits per heavy atom. The van der Waals surface area contributed by atoms with Crippen molar-refractivity contribution in [2.75, 3.05) is 21.3 Å². The smallest absolute Gasteiger partial charge is 0.296 e. The third-order valence-electron chi connectivity index (χ3n) is 3.12. The molecule has 0 aliphatic heterocycles. The highest BCUT2D eigenvalue weighted by atomic mass is 32.2. The summed E-state index contributed by atoms with van der Waals surface area (Å²) in [6, 6.07) is 6.01. The Labute approximate surface area is 139 Å². The van der Waals surface area contributed by atoms with Gasteiger partial charge in [0.15, 0.2) is 11.5 Å². The fraction of sp³-hybridized carbons (Fsp3) is 0.267. The third-order valence-corrected chi connectivity index (χ3v) is 3.96. The van der Waals surface area contributed by atoms with Crippen LogP contribution in [0.15, 0.2) is 35.4 Å². The highest BCUT2D eigenvalue weighted by molar-refractivity contribution is 7.85. The fourth-order valence-electron chi connectivity index (χ4n) is 1.98. The van der Waals surface area contributed by atoms with Crippen LogP contribution in [-0.4, -0.2) is 39.3 Å². The summed E-state index contributed by atoms with van der Waals surface area (Å²) < 4.78 is 52.1. The molecule has 0 unspecified atom stereocenters. The monoisotopic (exact) mass is 355 g/mol. The van der Waals surface area contributed by atoms with Crippen LogP contribution in [0, 0.1) is 0 Å². The minimum atomic E-state index is -4.28. The maximum Gasteiger partial charge on any atom is 0.296 e. The van der Waals surface area contributed by atoms with Crippen molar-refractivity contribution < 1.29 is 31.9 Å². The van der Waals surface area contributed by atoms with Crippen molar-refractivity contribution in [2.45, 2.75) is 11.5 Å². The largest absolute Gasteiger partial charge is 0.493 e. The Hall–Kier alpha value is -2.52. The number of pyridine rings is 1.